The molecule has 1 saturated heterocycles. The molecule has 0 aliphatic carbocycles. The van der Waals surface area contributed by atoms with Gasteiger partial charge in [-0.25, -0.2) is 0 Å². The molecule has 28 heavy (non-hydrogen) atoms. The van der Waals surface area contributed by atoms with E-state index in [2.05, 4.69) is 10.2 Å². The number of carbonyl (C=O) groups excluding carboxylic acids is 1. The molecule has 0 radical (unpaired) electrons. The fourth-order valence-corrected chi connectivity index (χ4v) is 3.69. The first-order valence-corrected chi connectivity index (χ1v) is 9.82. The van der Waals surface area contributed by atoms with E-state index in [9.17, 15) is 9.90 Å². The summed E-state index contributed by atoms with van der Waals surface area (Å²) in [4.78, 5) is 19.7. The van der Waals surface area contributed by atoms with E-state index >= 15 is 0 Å². The molecule has 0 unspecified atom stereocenters. The molecule has 1 amide bonds. The molecule has 6 nitrogen and oxygen atoms in total. The molecule has 2 heterocycles. The van der Waals surface area contributed by atoms with Crippen LogP contribution in [-0.4, -0.2) is 54.2 Å². The summed E-state index contributed by atoms with van der Waals surface area (Å²) in [7, 11) is 1.62. The number of phenolic OH excluding ortho intramolecular Hbond substituents is 1. The number of carbonyl (C=O) groups is 1. The fraction of sp³-hybridized carbons (Fsp3) is 0.455. The SMILES string of the molecule is COCCNC(=O)c1ccc(C)nc1C1CCN(Cc2ccccc2O)CC1. The number of piperidine rings is 1. The molecule has 0 atom stereocenters. The average Bonchev–Trinajstić information content (AvgIpc) is 2.70. The maximum absolute atomic E-state index is 12.6. The normalized spacial score (nSPS) is 15.5. The molecule has 2 aromatic rings. The molecular weight excluding hydrogens is 354 g/mol. The number of hydrogen-bond donors (Lipinski definition) is 2. The number of nitrogens with zero attached hydrogens (tertiary/aromatic N) is 2. The predicted octanol–water partition coefficient (Wildman–Crippen LogP) is 2.85. The zero-order valence-corrected chi connectivity index (χ0v) is 16.6. The van der Waals surface area contributed by atoms with Crippen molar-refractivity contribution in [2.75, 3.05) is 33.4 Å². The topological polar surface area (TPSA) is 74.7 Å². The molecule has 1 aromatic heterocycles. The molecule has 1 aromatic carbocycles. The summed E-state index contributed by atoms with van der Waals surface area (Å²) < 4.78 is 5.01. The highest BCUT2D eigenvalue weighted by molar-refractivity contribution is 5.95. The molecule has 1 fully saturated rings. The van der Waals surface area contributed by atoms with Crippen molar-refractivity contribution in [3.63, 3.8) is 0 Å². The summed E-state index contributed by atoms with van der Waals surface area (Å²) in [6.45, 7) is 5.51. The van der Waals surface area contributed by atoms with Crippen LogP contribution in [0.3, 0.4) is 0 Å². The molecule has 0 spiro atoms. The Morgan fingerprint density at radius 2 is 2.00 bits per heavy atom. The van der Waals surface area contributed by atoms with E-state index < -0.39 is 0 Å². The Hall–Kier alpha value is -2.44. The van der Waals surface area contributed by atoms with Gasteiger partial charge < -0.3 is 15.2 Å². The van der Waals surface area contributed by atoms with Crippen LogP contribution in [0.15, 0.2) is 36.4 Å². The maximum Gasteiger partial charge on any atom is 0.253 e. The lowest BCUT2D eigenvalue weighted by atomic mass is 9.89. The first-order valence-electron chi connectivity index (χ1n) is 9.82. The summed E-state index contributed by atoms with van der Waals surface area (Å²) in [6, 6.07) is 11.3. The number of ether oxygens (including phenoxy) is 1. The third-order valence-corrected chi connectivity index (χ3v) is 5.26. The third kappa shape index (κ3) is 5.09. The van der Waals surface area contributed by atoms with Crippen molar-refractivity contribution >= 4 is 5.91 Å². The van der Waals surface area contributed by atoms with E-state index in [1.165, 1.54) is 0 Å². The Labute approximate surface area is 166 Å². The molecule has 1 aliphatic heterocycles. The predicted molar refractivity (Wildman–Crippen MR) is 109 cm³/mol. The summed E-state index contributed by atoms with van der Waals surface area (Å²) >= 11 is 0. The molecule has 150 valence electrons. The lowest BCUT2D eigenvalue weighted by Gasteiger charge is -2.32. The number of amides is 1. The van der Waals surface area contributed by atoms with Gasteiger partial charge in [-0.3, -0.25) is 14.7 Å². The molecular formula is C22H29N3O3. The highest BCUT2D eigenvalue weighted by Gasteiger charge is 2.26. The lowest BCUT2D eigenvalue weighted by Crippen LogP contribution is -2.34. The Morgan fingerprint density at radius 3 is 2.71 bits per heavy atom. The highest BCUT2D eigenvalue weighted by atomic mass is 16.5. The number of aryl methyl sites for hydroxylation is 1. The summed E-state index contributed by atoms with van der Waals surface area (Å²) in [5.74, 6) is 0.528. The number of likely N-dealkylation sites (tertiary alicyclic amines) is 1. The molecule has 0 saturated carbocycles. The Bertz CT molecular complexity index is 801. The van der Waals surface area contributed by atoms with E-state index in [-0.39, 0.29) is 11.8 Å². The number of para-hydroxylation sites is 1. The van der Waals surface area contributed by atoms with E-state index in [1.807, 2.05) is 37.3 Å². The number of hydrogen-bond acceptors (Lipinski definition) is 5. The fourth-order valence-electron chi connectivity index (χ4n) is 3.69. The van der Waals surface area contributed by atoms with Crippen LogP contribution in [0.2, 0.25) is 0 Å². The van der Waals surface area contributed by atoms with Gasteiger partial charge >= 0.3 is 0 Å². The van der Waals surface area contributed by atoms with E-state index in [0.29, 0.717) is 24.5 Å². The zero-order chi connectivity index (χ0) is 19.9. The summed E-state index contributed by atoms with van der Waals surface area (Å²) in [6.07, 6.45) is 1.89. The van der Waals surface area contributed by atoms with Crippen molar-refractivity contribution in [2.24, 2.45) is 0 Å². The largest absolute Gasteiger partial charge is 0.508 e. The number of benzene rings is 1. The van der Waals surface area contributed by atoms with Crippen molar-refractivity contribution < 1.29 is 14.6 Å². The molecule has 1 aliphatic rings. The minimum Gasteiger partial charge on any atom is -0.508 e. The van der Waals surface area contributed by atoms with Crippen LogP contribution in [-0.2, 0) is 11.3 Å². The van der Waals surface area contributed by atoms with Crippen molar-refractivity contribution in [1.29, 1.82) is 0 Å². The minimum absolute atomic E-state index is 0.0869. The second-order valence-electron chi connectivity index (χ2n) is 7.31. The van der Waals surface area contributed by atoms with Gasteiger partial charge in [-0.1, -0.05) is 18.2 Å². The van der Waals surface area contributed by atoms with Crippen LogP contribution < -0.4 is 5.32 Å². The number of rotatable bonds is 7. The quantitative estimate of drug-likeness (QED) is 0.719. The number of nitrogens with one attached hydrogen (secondary N) is 1. The summed E-state index contributed by atoms with van der Waals surface area (Å²) in [5.41, 5.74) is 3.45. The molecule has 2 N–H and O–H groups in total. The van der Waals surface area contributed by atoms with E-state index in [0.717, 1.165) is 49.4 Å². The minimum atomic E-state index is -0.0869. The van der Waals surface area contributed by atoms with Gasteiger partial charge in [0.15, 0.2) is 0 Å². The van der Waals surface area contributed by atoms with Crippen LogP contribution in [0.1, 0.15) is 46.1 Å². The van der Waals surface area contributed by atoms with Crippen molar-refractivity contribution in [3.8, 4) is 5.75 Å². The Morgan fingerprint density at radius 1 is 1.25 bits per heavy atom. The zero-order valence-electron chi connectivity index (χ0n) is 16.6. The van der Waals surface area contributed by atoms with Gasteiger partial charge in [-0.05, 0) is 51.1 Å². The number of aromatic nitrogens is 1. The van der Waals surface area contributed by atoms with Gasteiger partial charge in [0.25, 0.3) is 5.91 Å². The van der Waals surface area contributed by atoms with Crippen LogP contribution in [0, 0.1) is 6.92 Å². The lowest BCUT2D eigenvalue weighted by molar-refractivity contribution is 0.0934. The van der Waals surface area contributed by atoms with Gasteiger partial charge in [0, 0.05) is 37.4 Å². The smallest absolute Gasteiger partial charge is 0.253 e. The molecule has 6 heteroatoms. The highest BCUT2D eigenvalue weighted by Crippen LogP contribution is 2.30. The number of pyridine rings is 1. The monoisotopic (exact) mass is 383 g/mol. The van der Waals surface area contributed by atoms with Gasteiger partial charge in [0.1, 0.15) is 5.75 Å². The second-order valence-corrected chi connectivity index (χ2v) is 7.31. The molecule has 0 bridgehead atoms. The van der Waals surface area contributed by atoms with Gasteiger partial charge in [-0.15, -0.1) is 0 Å². The van der Waals surface area contributed by atoms with E-state index in [1.54, 1.807) is 13.2 Å². The van der Waals surface area contributed by atoms with Crippen molar-refractivity contribution in [2.45, 2.75) is 32.2 Å². The first-order chi connectivity index (χ1) is 13.6. The first kappa shape index (κ1) is 20.3. The van der Waals surface area contributed by atoms with Gasteiger partial charge in [0.05, 0.1) is 17.9 Å². The van der Waals surface area contributed by atoms with Crippen molar-refractivity contribution in [1.82, 2.24) is 15.2 Å². The summed E-state index contributed by atoms with van der Waals surface area (Å²) in [5, 5.41) is 12.9. The van der Waals surface area contributed by atoms with Crippen LogP contribution in [0.25, 0.3) is 0 Å². The van der Waals surface area contributed by atoms with Crippen molar-refractivity contribution in [3.05, 3.63) is 58.9 Å². The number of aromatic hydroxyl groups is 1. The standard InChI is InChI=1S/C22H29N3O3/c1-16-7-8-19(22(27)23-11-14-28-2)21(24-16)17-9-12-25(13-10-17)15-18-5-3-4-6-20(18)26/h3-8,17,26H,9-15H2,1-2H3,(H,23,27). The van der Waals surface area contributed by atoms with Crippen LogP contribution >= 0.6 is 0 Å². The number of phenols is 1. The third-order valence-electron chi connectivity index (χ3n) is 5.26. The van der Waals surface area contributed by atoms with Gasteiger partial charge in [-0.2, -0.15) is 0 Å². The van der Waals surface area contributed by atoms with E-state index in [4.69, 9.17) is 9.72 Å². The van der Waals surface area contributed by atoms with Crippen LogP contribution in [0.5, 0.6) is 5.75 Å². The Kier molecular flexibility index (Phi) is 7.01. The Balaban J connectivity index is 1.65. The number of methoxy groups -OCH3 is 1. The van der Waals surface area contributed by atoms with Gasteiger partial charge in [0.2, 0.25) is 0 Å². The maximum atomic E-state index is 12.6. The second kappa shape index (κ2) is 9.66. The average molecular weight is 383 g/mol. The van der Waals surface area contributed by atoms with Crippen LogP contribution in [0.4, 0.5) is 0 Å². The molecule has 3 rings (SSSR count).